The second-order valence-electron chi connectivity index (χ2n) is 4.39. The smallest absolute Gasteiger partial charge is 0.389 e. The molecule has 1 unspecified atom stereocenters. The highest BCUT2D eigenvalue weighted by atomic mass is 19.4. The number of nitrogens with two attached hydrogens (primary N) is 1. The summed E-state index contributed by atoms with van der Waals surface area (Å²) in [6, 6.07) is 2.92. The van der Waals surface area contributed by atoms with Gasteiger partial charge in [-0.15, -0.1) is 0 Å². The molecule has 0 aromatic heterocycles. The molecule has 0 aliphatic carbocycles. The number of hydrogen-bond donors (Lipinski definition) is 1. The first-order chi connectivity index (χ1) is 8.26. The minimum Gasteiger partial charge on any atom is -0.496 e. The fourth-order valence-corrected chi connectivity index (χ4v) is 1.85. The molecule has 0 aliphatic rings. The van der Waals surface area contributed by atoms with Gasteiger partial charge in [-0.05, 0) is 31.4 Å². The van der Waals surface area contributed by atoms with Gasteiger partial charge in [0.1, 0.15) is 5.75 Å². The summed E-state index contributed by atoms with van der Waals surface area (Å²) < 4.78 is 41.8. The maximum Gasteiger partial charge on any atom is 0.389 e. The predicted octanol–water partition coefficient (Wildman–Crippen LogP) is 3.65. The summed E-state index contributed by atoms with van der Waals surface area (Å²) in [6.45, 7) is 3.79. The first kappa shape index (κ1) is 14.8. The molecule has 0 saturated heterocycles. The molecule has 0 aliphatic heterocycles. The number of aryl methyl sites for hydroxylation is 1. The zero-order chi connectivity index (χ0) is 13.9. The van der Waals surface area contributed by atoms with Crippen LogP contribution in [0.1, 0.15) is 35.6 Å². The summed E-state index contributed by atoms with van der Waals surface area (Å²) in [5.74, 6) is 0.588. The number of hydrogen-bond acceptors (Lipinski definition) is 2. The van der Waals surface area contributed by atoms with Crippen molar-refractivity contribution >= 4 is 0 Å². The molecule has 5 heteroatoms. The fourth-order valence-electron chi connectivity index (χ4n) is 1.85. The third-order valence-corrected chi connectivity index (χ3v) is 3.05. The van der Waals surface area contributed by atoms with Crippen molar-refractivity contribution in [3.05, 3.63) is 28.8 Å². The Kier molecular flexibility index (Phi) is 4.62. The normalized spacial score (nSPS) is 13.5. The number of rotatable bonds is 4. The highest BCUT2D eigenvalue weighted by Gasteiger charge is 2.28. The minimum absolute atomic E-state index is 0.137. The van der Waals surface area contributed by atoms with Gasteiger partial charge >= 0.3 is 6.18 Å². The molecular formula is C13H18F3NO. The van der Waals surface area contributed by atoms with E-state index in [-0.39, 0.29) is 6.42 Å². The third-order valence-electron chi connectivity index (χ3n) is 3.05. The van der Waals surface area contributed by atoms with Crippen molar-refractivity contribution in [1.29, 1.82) is 0 Å². The van der Waals surface area contributed by atoms with Gasteiger partial charge in [0.15, 0.2) is 0 Å². The monoisotopic (exact) mass is 261 g/mol. The van der Waals surface area contributed by atoms with Crippen LogP contribution in [0.5, 0.6) is 5.75 Å². The van der Waals surface area contributed by atoms with Crippen LogP contribution in [0, 0.1) is 13.8 Å². The Hall–Kier alpha value is -1.23. The molecule has 18 heavy (non-hydrogen) atoms. The van der Waals surface area contributed by atoms with E-state index in [1.54, 1.807) is 6.07 Å². The number of halogens is 3. The molecule has 1 rings (SSSR count). The molecule has 2 N–H and O–H groups in total. The van der Waals surface area contributed by atoms with E-state index < -0.39 is 18.6 Å². The number of alkyl halides is 3. The molecule has 0 fully saturated rings. The van der Waals surface area contributed by atoms with Gasteiger partial charge in [-0.2, -0.15) is 13.2 Å². The quantitative estimate of drug-likeness (QED) is 0.897. The summed E-state index contributed by atoms with van der Waals surface area (Å²) >= 11 is 0. The Morgan fingerprint density at radius 1 is 1.28 bits per heavy atom. The van der Waals surface area contributed by atoms with Gasteiger partial charge in [0.2, 0.25) is 0 Å². The van der Waals surface area contributed by atoms with Crippen LogP contribution in [0.2, 0.25) is 0 Å². The van der Waals surface area contributed by atoms with Crippen molar-refractivity contribution in [3.8, 4) is 5.75 Å². The van der Waals surface area contributed by atoms with Crippen LogP contribution in [0.4, 0.5) is 13.2 Å². The molecule has 1 atom stereocenters. The summed E-state index contributed by atoms with van der Waals surface area (Å²) in [6.07, 6.45) is -5.20. The maximum absolute atomic E-state index is 12.2. The third kappa shape index (κ3) is 3.63. The summed E-state index contributed by atoms with van der Waals surface area (Å²) in [4.78, 5) is 0. The topological polar surface area (TPSA) is 35.2 Å². The molecule has 0 amide bonds. The molecule has 0 heterocycles. The van der Waals surface area contributed by atoms with Gasteiger partial charge in [0.25, 0.3) is 0 Å². The zero-order valence-electron chi connectivity index (χ0n) is 10.8. The van der Waals surface area contributed by atoms with Gasteiger partial charge in [0.05, 0.1) is 7.11 Å². The van der Waals surface area contributed by atoms with Gasteiger partial charge in [-0.1, -0.05) is 12.1 Å². The molecule has 0 radical (unpaired) electrons. The van der Waals surface area contributed by atoms with E-state index in [0.29, 0.717) is 11.3 Å². The Morgan fingerprint density at radius 2 is 1.89 bits per heavy atom. The first-order valence-corrected chi connectivity index (χ1v) is 5.72. The number of methoxy groups -OCH3 is 1. The highest BCUT2D eigenvalue weighted by molar-refractivity contribution is 5.46. The Balaban J connectivity index is 2.92. The standard InChI is InChI=1S/C13H18F3NO/c1-8-4-5-10(12(18-3)9(8)2)11(17)6-7-13(14,15)16/h4-5,11H,6-7,17H2,1-3H3. The van der Waals surface area contributed by atoms with Crippen LogP contribution in [0.25, 0.3) is 0 Å². The Labute approximate surface area is 105 Å². The molecular weight excluding hydrogens is 243 g/mol. The summed E-state index contributed by atoms with van der Waals surface area (Å²) in [5.41, 5.74) is 8.39. The molecule has 0 bridgehead atoms. The largest absolute Gasteiger partial charge is 0.496 e. The van der Waals surface area contributed by atoms with Gasteiger partial charge in [-0.25, -0.2) is 0 Å². The van der Waals surface area contributed by atoms with Crippen LogP contribution in [-0.4, -0.2) is 13.3 Å². The second-order valence-corrected chi connectivity index (χ2v) is 4.39. The van der Waals surface area contributed by atoms with E-state index in [2.05, 4.69) is 0 Å². The summed E-state index contributed by atoms with van der Waals surface area (Å²) in [7, 11) is 1.50. The van der Waals surface area contributed by atoms with E-state index in [4.69, 9.17) is 10.5 Å². The molecule has 1 aromatic rings. The van der Waals surface area contributed by atoms with Gasteiger partial charge < -0.3 is 10.5 Å². The van der Waals surface area contributed by atoms with Crippen LogP contribution in [0.3, 0.4) is 0 Å². The SMILES string of the molecule is COc1c(C(N)CCC(F)(F)F)ccc(C)c1C. The van der Waals surface area contributed by atoms with E-state index in [9.17, 15) is 13.2 Å². The van der Waals surface area contributed by atoms with Crippen LogP contribution in [-0.2, 0) is 0 Å². The van der Waals surface area contributed by atoms with Crippen molar-refractivity contribution in [2.75, 3.05) is 7.11 Å². The average molecular weight is 261 g/mol. The fraction of sp³-hybridized carbons (Fsp3) is 0.538. The molecule has 0 saturated carbocycles. The average Bonchev–Trinajstić information content (AvgIpc) is 2.28. The first-order valence-electron chi connectivity index (χ1n) is 5.72. The lowest BCUT2D eigenvalue weighted by Crippen LogP contribution is -2.17. The van der Waals surface area contributed by atoms with Crippen LogP contribution >= 0.6 is 0 Å². The lowest BCUT2D eigenvalue weighted by Gasteiger charge is -2.19. The molecule has 102 valence electrons. The predicted molar refractivity (Wildman–Crippen MR) is 64.7 cm³/mol. The number of benzene rings is 1. The molecule has 2 nitrogen and oxygen atoms in total. The Bertz CT molecular complexity index is 415. The molecule has 1 aromatic carbocycles. The minimum atomic E-state index is -4.18. The van der Waals surface area contributed by atoms with Crippen molar-refractivity contribution in [2.24, 2.45) is 5.73 Å². The van der Waals surface area contributed by atoms with Crippen LogP contribution < -0.4 is 10.5 Å². The van der Waals surface area contributed by atoms with E-state index in [1.807, 2.05) is 19.9 Å². The lowest BCUT2D eigenvalue weighted by molar-refractivity contribution is -0.136. The lowest BCUT2D eigenvalue weighted by atomic mass is 9.97. The maximum atomic E-state index is 12.2. The van der Waals surface area contributed by atoms with E-state index >= 15 is 0 Å². The van der Waals surface area contributed by atoms with Crippen molar-refractivity contribution < 1.29 is 17.9 Å². The van der Waals surface area contributed by atoms with Gasteiger partial charge in [-0.3, -0.25) is 0 Å². The summed E-state index contributed by atoms with van der Waals surface area (Å²) in [5, 5.41) is 0. The van der Waals surface area contributed by atoms with E-state index in [0.717, 1.165) is 11.1 Å². The highest BCUT2D eigenvalue weighted by Crippen LogP contribution is 2.33. The van der Waals surface area contributed by atoms with E-state index in [1.165, 1.54) is 7.11 Å². The van der Waals surface area contributed by atoms with Crippen LogP contribution in [0.15, 0.2) is 12.1 Å². The van der Waals surface area contributed by atoms with Gasteiger partial charge in [0, 0.05) is 18.0 Å². The number of ether oxygens (including phenoxy) is 1. The Morgan fingerprint density at radius 3 is 2.39 bits per heavy atom. The molecule has 0 spiro atoms. The zero-order valence-corrected chi connectivity index (χ0v) is 10.8. The second kappa shape index (κ2) is 5.61. The van der Waals surface area contributed by atoms with Crippen molar-refractivity contribution in [1.82, 2.24) is 0 Å². The van der Waals surface area contributed by atoms with Crippen molar-refractivity contribution in [3.63, 3.8) is 0 Å². The van der Waals surface area contributed by atoms with Crippen molar-refractivity contribution in [2.45, 2.75) is 38.9 Å².